The van der Waals surface area contributed by atoms with E-state index in [1.165, 1.54) is 23.1 Å². The summed E-state index contributed by atoms with van der Waals surface area (Å²) in [6.07, 6.45) is 0. The number of nitrogens with zero attached hydrogens (tertiary/aromatic N) is 1. The van der Waals surface area contributed by atoms with E-state index >= 15 is 0 Å². The lowest BCUT2D eigenvalue weighted by molar-refractivity contribution is -0.160. The van der Waals surface area contributed by atoms with Gasteiger partial charge in [0.05, 0.1) is 23.3 Å². The van der Waals surface area contributed by atoms with Crippen molar-refractivity contribution in [1.82, 2.24) is 5.32 Å². The Hall–Kier alpha value is -1.98. The Labute approximate surface area is 183 Å². The van der Waals surface area contributed by atoms with Crippen LogP contribution in [0.4, 0.5) is 0 Å². The number of nitriles is 1. The van der Waals surface area contributed by atoms with E-state index in [4.69, 9.17) is 16.3 Å². The molecule has 0 saturated carbocycles. The van der Waals surface area contributed by atoms with Crippen molar-refractivity contribution in [3.8, 4) is 6.07 Å². The second kappa shape index (κ2) is 9.23. The molecule has 3 atom stereocenters. The van der Waals surface area contributed by atoms with E-state index < -0.39 is 23.5 Å². The number of rotatable bonds is 6. The van der Waals surface area contributed by atoms with Crippen molar-refractivity contribution < 1.29 is 14.6 Å². The standard InChI is InChI=1S/C21H21ClN2O3S2/c1-3-27-20(25)18-17(16-5-4-10-28-16)15(11-23)19(24-21(18,2)26)29-12-13-6-8-14(22)9-7-13/h4-10,17-18,24,26H,3,12H2,1-2H3/t17-,18+,21?/m1/s1. The molecule has 0 aliphatic carbocycles. The number of esters is 1. The molecule has 1 aromatic heterocycles. The van der Waals surface area contributed by atoms with Gasteiger partial charge in [-0.2, -0.15) is 5.26 Å². The molecule has 0 spiro atoms. The van der Waals surface area contributed by atoms with Crippen molar-refractivity contribution in [2.45, 2.75) is 31.2 Å². The van der Waals surface area contributed by atoms with E-state index in [9.17, 15) is 15.2 Å². The summed E-state index contributed by atoms with van der Waals surface area (Å²) in [5, 5.41) is 27.2. The third kappa shape index (κ3) is 4.78. The van der Waals surface area contributed by atoms with Gasteiger partial charge in [0, 0.05) is 21.6 Å². The quantitative estimate of drug-likeness (QED) is 0.626. The number of ether oxygens (including phenoxy) is 1. The Morgan fingerprint density at radius 3 is 2.72 bits per heavy atom. The number of carbonyl (C=O) groups excluding carboxylic acids is 1. The molecule has 1 aliphatic heterocycles. The number of thiophene rings is 1. The summed E-state index contributed by atoms with van der Waals surface area (Å²) in [6, 6.07) is 13.5. The van der Waals surface area contributed by atoms with Crippen LogP contribution in [-0.2, 0) is 15.3 Å². The summed E-state index contributed by atoms with van der Waals surface area (Å²) in [4.78, 5) is 13.6. The number of hydrogen-bond donors (Lipinski definition) is 2. The fourth-order valence-electron chi connectivity index (χ4n) is 3.35. The number of aliphatic hydroxyl groups is 1. The maximum absolute atomic E-state index is 12.7. The van der Waals surface area contributed by atoms with E-state index in [-0.39, 0.29) is 6.61 Å². The lowest BCUT2D eigenvalue weighted by atomic mass is 9.76. The first kappa shape index (κ1) is 21.7. The minimum Gasteiger partial charge on any atom is -0.466 e. The molecule has 2 N–H and O–H groups in total. The molecular formula is C21H21ClN2O3S2. The summed E-state index contributed by atoms with van der Waals surface area (Å²) >= 11 is 8.81. The van der Waals surface area contributed by atoms with Crippen LogP contribution in [0.3, 0.4) is 0 Å². The second-order valence-corrected chi connectivity index (χ2v) is 9.17. The van der Waals surface area contributed by atoms with Gasteiger partial charge in [0.25, 0.3) is 0 Å². The average Bonchev–Trinajstić information content (AvgIpc) is 3.21. The zero-order valence-corrected chi connectivity index (χ0v) is 18.4. The average molecular weight is 449 g/mol. The van der Waals surface area contributed by atoms with Crippen LogP contribution in [0.5, 0.6) is 0 Å². The molecule has 0 fully saturated rings. The summed E-state index contributed by atoms with van der Waals surface area (Å²) in [5.74, 6) is -1.46. The van der Waals surface area contributed by atoms with Gasteiger partial charge in [-0.05, 0) is 43.0 Å². The second-order valence-electron chi connectivity index (χ2n) is 6.77. The van der Waals surface area contributed by atoms with Crippen LogP contribution in [-0.4, -0.2) is 23.4 Å². The topological polar surface area (TPSA) is 82.4 Å². The van der Waals surface area contributed by atoms with Gasteiger partial charge in [0.1, 0.15) is 11.6 Å². The fourth-order valence-corrected chi connectivity index (χ4v) is 5.46. The van der Waals surface area contributed by atoms with Crippen LogP contribution in [0.15, 0.2) is 52.4 Å². The summed E-state index contributed by atoms with van der Waals surface area (Å²) in [6.45, 7) is 3.47. The van der Waals surface area contributed by atoms with Crippen molar-refractivity contribution in [3.05, 3.63) is 67.8 Å². The van der Waals surface area contributed by atoms with Crippen molar-refractivity contribution in [3.63, 3.8) is 0 Å². The van der Waals surface area contributed by atoms with Crippen molar-refractivity contribution in [2.24, 2.45) is 5.92 Å². The van der Waals surface area contributed by atoms with Crippen molar-refractivity contribution in [2.75, 3.05) is 6.61 Å². The highest BCUT2D eigenvalue weighted by Gasteiger charge is 2.51. The smallest absolute Gasteiger partial charge is 0.314 e. The lowest BCUT2D eigenvalue weighted by Gasteiger charge is -2.42. The third-order valence-electron chi connectivity index (χ3n) is 4.67. The maximum atomic E-state index is 12.7. The first-order valence-corrected chi connectivity index (χ1v) is 11.3. The van der Waals surface area contributed by atoms with Crippen LogP contribution < -0.4 is 5.32 Å². The SMILES string of the molecule is CCOC(=O)[C@@H]1[C@@H](c2cccs2)C(C#N)=C(SCc2ccc(Cl)cc2)NC1(C)O. The third-order valence-corrected chi connectivity index (χ3v) is 6.96. The van der Waals surface area contributed by atoms with Gasteiger partial charge in [-0.3, -0.25) is 4.79 Å². The minimum atomic E-state index is -1.57. The Kier molecular flexibility index (Phi) is 6.91. The van der Waals surface area contributed by atoms with E-state index in [1.54, 1.807) is 13.8 Å². The molecule has 5 nitrogen and oxygen atoms in total. The molecule has 8 heteroatoms. The summed E-state index contributed by atoms with van der Waals surface area (Å²) in [5.41, 5.74) is -0.106. The van der Waals surface area contributed by atoms with Crippen LogP contribution in [0, 0.1) is 17.2 Å². The largest absolute Gasteiger partial charge is 0.466 e. The van der Waals surface area contributed by atoms with Crippen LogP contribution >= 0.6 is 34.7 Å². The summed E-state index contributed by atoms with van der Waals surface area (Å²) < 4.78 is 5.23. The molecule has 0 amide bonds. The van der Waals surface area contributed by atoms with Gasteiger partial charge in [-0.1, -0.05) is 29.8 Å². The predicted octanol–water partition coefficient (Wildman–Crippen LogP) is 4.64. The molecule has 152 valence electrons. The molecule has 2 heterocycles. The number of allylic oxidation sites excluding steroid dienone is 1. The number of halogens is 1. The molecule has 0 bridgehead atoms. The number of carbonyl (C=O) groups is 1. The highest BCUT2D eigenvalue weighted by atomic mass is 35.5. The van der Waals surface area contributed by atoms with Gasteiger partial charge in [0.2, 0.25) is 0 Å². The Morgan fingerprint density at radius 2 is 2.14 bits per heavy atom. The molecule has 29 heavy (non-hydrogen) atoms. The predicted molar refractivity (Wildman–Crippen MR) is 116 cm³/mol. The molecule has 3 rings (SSSR count). The number of thioether (sulfide) groups is 1. The van der Waals surface area contributed by atoms with Crippen molar-refractivity contribution in [1.29, 1.82) is 5.26 Å². The zero-order chi connectivity index (χ0) is 21.0. The van der Waals surface area contributed by atoms with Gasteiger partial charge in [0.15, 0.2) is 0 Å². The Morgan fingerprint density at radius 1 is 1.41 bits per heavy atom. The molecule has 0 saturated heterocycles. The Balaban J connectivity index is 2.00. The molecule has 1 aromatic carbocycles. The normalized spacial score (nSPS) is 24.0. The lowest BCUT2D eigenvalue weighted by Crippen LogP contribution is -2.56. The first-order valence-electron chi connectivity index (χ1n) is 9.09. The van der Waals surface area contributed by atoms with Crippen LogP contribution in [0.1, 0.15) is 30.2 Å². The molecule has 1 aliphatic rings. The van der Waals surface area contributed by atoms with Gasteiger partial charge < -0.3 is 15.2 Å². The molecule has 1 unspecified atom stereocenters. The van der Waals surface area contributed by atoms with Crippen LogP contribution in [0.2, 0.25) is 5.02 Å². The number of hydrogen-bond acceptors (Lipinski definition) is 7. The van der Waals surface area contributed by atoms with Gasteiger partial charge in [-0.15, -0.1) is 23.1 Å². The zero-order valence-electron chi connectivity index (χ0n) is 16.0. The summed E-state index contributed by atoms with van der Waals surface area (Å²) in [7, 11) is 0. The van der Waals surface area contributed by atoms with E-state index in [0.29, 0.717) is 21.4 Å². The highest BCUT2D eigenvalue weighted by molar-refractivity contribution is 8.02. The van der Waals surface area contributed by atoms with Crippen molar-refractivity contribution >= 4 is 40.7 Å². The Bertz CT molecular complexity index is 934. The molecule has 2 aromatic rings. The fraction of sp³-hybridized carbons (Fsp3) is 0.333. The van der Waals surface area contributed by atoms with Gasteiger partial charge >= 0.3 is 5.97 Å². The van der Waals surface area contributed by atoms with Crippen LogP contribution in [0.25, 0.3) is 0 Å². The van der Waals surface area contributed by atoms with E-state index in [2.05, 4.69) is 11.4 Å². The maximum Gasteiger partial charge on any atom is 0.314 e. The monoisotopic (exact) mass is 448 g/mol. The minimum absolute atomic E-state index is 0.201. The number of nitrogens with one attached hydrogen (secondary N) is 1. The van der Waals surface area contributed by atoms with Gasteiger partial charge in [-0.25, -0.2) is 0 Å². The molecule has 0 radical (unpaired) electrons. The van der Waals surface area contributed by atoms with E-state index in [0.717, 1.165) is 10.4 Å². The van der Waals surface area contributed by atoms with E-state index in [1.807, 2.05) is 41.8 Å². The molecular weight excluding hydrogens is 428 g/mol. The first-order chi connectivity index (χ1) is 13.9. The number of benzene rings is 1. The highest BCUT2D eigenvalue weighted by Crippen LogP contribution is 2.46.